The monoisotopic (exact) mass is 363 g/mol. The maximum absolute atomic E-state index is 2.75. The fourth-order valence-electron chi connectivity index (χ4n) is 4.75. The lowest BCUT2D eigenvalue weighted by molar-refractivity contribution is 0.0840. The molecular weight excluding hydrogens is 330 g/mol. The zero-order valence-corrected chi connectivity index (χ0v) is 16.8. The first-order valence-corrected chi connectivity index (χ1v) is 10.6. The van der Waals surface area contributed by atoms with Gasteiger partial charge in [0.25, 0.3) is 0 Å². The number of hydrogen-bond donors (Lipinski definition) is 0. The highest BCUT2D eigenvalue weighted by Crippen LogP contribution is 2.27. The topological polar surface area (TPSA) is 9.72 Å². The molecule has 2 aromatic carbocycles. The Morgan fingerprint density at radius 1 is 0.815 bits per heavy atom. The fraction of sp³-hybridized carbons (Fsp3) is 0.500. The first-order valence-electron chi connectivity index (χ1n) is 10.6. The number of rotatable bonds is 4. The van der Waals surface area contributed by atoms with Crippen LogP contribution in [0.1, 0.15) is 36.9 Å². The van der Waals surface area contributed by atoms with E-state index in [0.29, 0.717) is 6.04 Å². The molecule has 2 heterocycles. The largest absolute Gasteiger partial charge is 0.369 e. The molecule has 3 heteroatoms. The molecule has 4 rings (SSSR count). The Kier molecular flexibility index (Phi) is 5.80. The van der Waals surface area contributed by atoms with Gasteiger partial charge in [-0.2, -0.15) is 0 Å². The third-order valence-electron chi connectivity index (χ3n) is 6.53. The highest BCUT2D eigenvalue weighted by Gasteiger charge is 2.29. The van der Waals surface area contributed by atoms with Crippen molar-refractivity contribution >= 4 is 5.69 Å². The third-order valence-corrected chi connectivity index (χ3v) is 6.53. The van der Waals surface area contributed by atoms with Crippen molar-refractivity contribution in [3.05, 3.63) is 65.7 Å². The average molecular weight is 364 g/mol. The van der Waals surface area contributed by atoms with E-state index in [1.165, 1.54) is 55.8 Å². The van der Waals surface area contributed by atoms with E-state index in [4.69, 9.17) is 0 Å². The molecule has 0 radical (unpaired) electrons. The number of likely N-dealkylation sites (tertiary alicyclic amines) is 1. The molecule has 2 aliphatic heterocycles. The van der Waals surface area contributed by atoms with Crippen LogP contribution in [-0.4, -0.2) is 55.1 Å². The normalized spacial score (nSPS) is 21.3. The lowest BCUT2D eigenvalue weighted by Crippen LogP contribution is -2.53. The summed E-state index contributed by atoms with van der Waals surface area (Å²) in [4.78, 5) is 7.96. The molecule has 2 fully saturated rings. The second-order valence-corrected chi connectivity index (χ2v) is 8.22. The van der Waals surface area contributed by atoms with Crippen LogP contribution in [0.4, 0.5) is 5.69 Å². The van der Waals surface area contributed by atoms with Crippen molar-refractivity contribution in [1.29, 1.82) is 0 Å². The lowest BCUT2D eigenvalue weighted by atomic mass is 9.98. The fourth-order valence-corrected chi connectivity index (χ4v) is 4.75. The Morgan fingerprint density at radius 2 is 1.52 bits per heavy atom. The first-order chi connectivity index (χ1) is 13.2. The van der Waals surface area contributed by atoms with Crippen molar-refractivity contribution in [2.45, 2.75) is 38.8 Å². The molecule has 0 bridgehead atoms. The van der Waals surface area contributed by atoms with Gasteiger partial charge in [0, 0.05) is 57.0 Å². The molecule has 2 aromatic rings. The Labute approximate surface area is 164 Å². The third kappa shape index (κ3) is 4.36. The van der Waals surface area contributed by atoms with Gasteiger partial charge in [-0.25, -0.2) is 0 Å². The van der Waals surface area contributed by atoms with Crippen molar-refractivity contribution in [2.75, 3.05) is 44.2 Å². The molecule has 144 valence electrons. The Hall–Kier alpha value is -1.84. The van der Waals surface area contributed by atoms with E-state index in [1.54, 1.807) is 0 Å². The molecule has 2 saturated heterocycles. The maximum Gasteiger partial charge on any atom is 0.0369 e. The van der Waals surface area contributed by atoms with Crippen LogP contribution in [0.3, 0.4) is 0 Å². The van der Waals surface area contributed by atoms with Gasteiger partial charge in [-0.15, -0.1) is 0 Å². The summed E-state index contributed by atoms with van der Waals surface area (Å²) in [7, 11) is 0. The van der Waals surface area contributed by atoms with Gasteiger partial charge in [0.15, 0.2) is 0 Å². The molecule has 0 aliphatic carbocycles. The molecule has 3 nitrogen and oxygen atoms in total. The molecule has 0 aromatic heterocycles. The van der Waals surface area contributed by atoms with E-state index in [0.717, 1.165) is 19.1 Å². The van der Waals surface area contributed by atoms with Crippen LogP contribution in [0.5, 0.6) is 0 Å². The molecule has 27 heavy (non-hydrogen) atoms. The van der Waals surface area contributed by atoms with Gasteiger partial charge < -0.3 is 4.90 Å². The number of piperazine rings is 1. The van der Waals surface area contributed by atoms with E-state index in [2.05, 4.69) is 83.1 Å². The minimum Gasteiger partial charge on any atom is -0.369 e. The maximum atomic E-state index is 2.75. The standard InChI is InChI=1S/C24H33N3/c1-20-7-6-10-24(19-20)27-17-15-26(16-18-27)23-11-13-25(14-12-23)21(2)22-8-4-3-5-9-22/h3-10,19,21,23H,11-18H2,1-2H3. The molecule has 1 atom stereocenters. The smallest absolute Gasteiger partial charge is 0.0369 e. The summed E-state index contributed by atoms with van der Waals surface area (Å²) in [6, 6.07) is 21.2. The van der Waals surface area contributed by atoms with Crippen molar-refractivity contribution < 1.29 is 0 Å². The minimum absolute atomic E-state index is 0.533. The van der Waals surface area contributed by atoms with Crippen LogP contribution in [0.25, 0.3) is 0 Å². The van der Waals surface area contributed by atoms with E-state index in [9.17, 15) is 0 Å². The van der Waals surface area contributed by atoms with Gasteiger partial charge in [-0.1, -0.05) is 42.5 Å². The second kappa shape index (κ2) is 8.45. The number of anilines is 1. The van der Waals surface area contributed by atoms with E-state index >= 15 is 0 Å². The van der Waals surface area contributed by atoms with Gasteiger partial charge in [0.1, 0.15) is 0 Å². The summed E-state index contributed by atoms with van der Waals surface area (Å²) in [5, 5.41) is 0. The molecule has 0 amide bonds. The van der Waals surface area contributed by atoms with Crippen molar-refractivity contribution in [1.82, 2.24) is 9.80 Å². The zero-order chi connectivity index (χ0) is 18.6. The predicted octanol–water partition coefficient (Wildman–Crippen LogP) is 4.34. The summed E-state index contributed by atoms with van der Waals surface area (Å²) in [5.41, 5.74) is 4.19. The lowest BCUT2D eigenvalue weighted by Gasteiger charge is -2.44. The Bertz CT molecular complexity index is 713. The van der Waals surface area contributed by atoms with Gasteiger partial charge in [0.05, 0.1) is 0 Å². The Balaban J connectivity index is 1.27. The molecule has 2 aliphatic rings. The summed E-state index contributed by atoms with van der Waals surface area (Å²) in [6.07, 6.45) is 2.61. The molecule has 0 spiro atoms. The predicted molar refractivity (Wildman–Crippen MR) is 114 cm³/mol. The summed E-state index contributed by atoms with van der Waals surface area (Å²) >= 11 is 0. The summed E-state index contributed by atoms with van der Waals surface area (Å²) < 4.78 is 0. The Morgan fingerprint density at radius 3 is 2.19 bits per heavy atom. The minimum atomic E-state index is 0.533. The number of benzene rings is 2. The van der Waals surface area contributed by atoms with Gasteiger partial charge >= 0.3 is 0 Å². The van der Waals surface area contributed by atoms with Crippen LogP contribution in [0.15, 0.2) is 54.6 Å². The van der Waals surface area contributed by atoms with E-state index in [1.807, 2.05) is 0 Å². The summed E-state index contributed by atoms with van der Waals surface area (Å²) in [5.74, 6) is 0. The highest BCUT2D eigenvalue weighted by molar-refractivity contribution is 5.48. The molecule has 0 N–H and O–H groups in total. The molecule has 1 unspecified atom stereocenters. The van der Waals surface area contributed by atoms with Gasteiger partial charge in [-0.3, -0.25) is 9.80 Å². The van der Waals surface area contributed by atoms with Crippen LogP contribution in [0, 0.1) is 6.92 Å². The van der Waals surface area contributed by atoms with E-state index in [-0.39, 0.29) is 0 Å². The number of hydrogen-bond acceptors (Lipinski definition) is 3. The van der Waals surface area contributed by atoms with Crippen molar-refractivity contribution in [3.8, 4) is 0 Å². The van der Waals surface area contributed by atoms with Crippen LogP contribution < -0.4 is 4.90 Å². The van der Waals surface area contributed by atoms with Gasteiger partial charge in [-0.05, 0) is 49.9 Å². The zero-order valence-electron chi connectivity index (χ0n) is 16.8. The summed E-state index contributed by atoms with van der Waals surface area (Å²) in [6.45, 7) is 11.7. The van der Waals surface area contributed by atoms with Crippen LogP contribution >= 0.6 is 0 Å². The van der Waals surface area contributed by atoms with Crippen LogP contribution in [0.2, 0.25) is 0 Å². The second-order valence-electron chi connectivity index (χ2n) is 8.22. The van der Waals surface area contributed by atoms with Crippen molar-refractivity contribution in [2.24, 2.45) is 0 Å². The molecule has 0 saturated carbocycles. The number of nitrogens with zero attached hydrogens (tertiary/aromatic N) is 3. The molecular formula is C24H33N3. The number of aryl methyl sites for hydroxylation is 1. The van der Waals surface area contributed by atoms with Gasteiger partial charge in [0.2, 0.25) is 0 Å². The average Bonchev–Trinajstić information content (AvgIpc) is 2.74. The SMILES string of the molecule is Cc1cccc(N2CCN(C3CCN(C(C)c4ccccc4)CC3)CC2)c1. The first kappa shape index (κ1) is 18.5. The number of piperidine rings is 1. The highest BCUT2D eigenvalue weighted by atomic mass is 15.3. The van der Waals surface area contributed by atoms with E-state index < -0.39 is 0 Å². The van der Waals surface area contributed by atoms with Crippen molar-refractivity contribution in [3.63, 3.8) is 0 Å². The quantitative estimate of drug-likeness (QED) is 0.800. The van der Waals surface area contributed by atoms with Crippen LogP contribution in [-0.2, 0) is 0 Å².